The second-order valence-corrected chi connectivity index (χ2v) is 18.1. The van der Waals surface area contributed by atoms with E-state index in [1.165, 1.54) is 77.0 Å². The number of aliphatic hydroxyl groups excluding tert-OH is 1. The number of allylic oxidation sites excluding steroid dienone is 6. The molecule has 0 radical (unpaired) electrons. The van der Waals surface area contributed by atoms with Crippen molar-refractivity contribution < 1.29 is 52.2 Å². The van der Waals surface area contributed by atoms with Gasteiger partial charge in [-0.05, 0) is 51.4 Å². The highest BCUT2D eigenvalue weighted by Gasteiger charge is 2.28. The van der Waals surface area contributed by atoms with Gasteiger partial charge in [0.05, 0.1) is 19.8 Å². The molecule has 0 amide bonds. The van der Waals surface area contributed by atoms with Gasteiger partial charge in [0.2, 0.25) is 0 Å². The Labute approximate surface area is 378 Å². The van der Waals surface area contributed by atoms with Crippen LogP contribution in [0.2, 0.25) is 0 Å². The molecule has 0 rings (SSSR count). The van der Waals surface area contributed by atoms with Gasteiger partial charge >= 0.3 is 25.7 Å². The lowest BCUT2D eigenvalue weighted by atomic mass is 10.1. The van der Waals surface area contributed by atoms with Crippen LogP contribution >= 0.6 is 7.82 Å². The van der Waals surface area contributed by atoms with Gasteiger partial charge in [0, 0.05) is 19.3 Å². The number of phosphoric acid groups is 1. The lowest BCUT2D eigenvalue weighted by molar-refractivity contribution is -0.161. The van der Waals surface area contributed by atoms with Crippen molar-refractivity contribution in [2.75, 3.05) is 26.4 Å². The molecule has 0 saturated carbocycles. The molecule has 362 valence electrons. The normalized spacial score (nSPS) is 13.8. The lowest BCUT2D eigenvalue weighted by Gasteiger charge is -2.21. The molecule has 12 heteroatoms. The number of carbonyl (C=O) groups excluding carboxylic acids is 3. The number of hydrogen-bond acceptors (Lipinski definition) is 10. The van der Waals surface area contributed by atoms with Crippen molar-refractivity contribution in [3.05, 3.63) is 36.5 Å². The zero-order valence-corrected chi connectivity index (χ0v) is 40.5. The molecule has 0 aromatic heterocycles. The molecule has 0 fully saturated rings. The average molecular weight is 899 g/mol. The fraction of sp³-hybridized carbons (Fsp3) is 0.820. The van der Waals surface area contributed by atoms with Crippen LogP contribution in [0.3, 0.4) is 0 Å². The Balaban J connectivity index is 4.77. The quantitative estimate of drug-likeness (QED) is 0.0197. The molecule has 3 unspecified atom stereocenters. The first kappa shape index (κ1) is 59.7. The van der Waals surface area contributed by atoms with Gasteiger partial charge in [-0.3, -0.25) is 23.4 Å². The van der Waals surface area contributed by atoms with Crippen molar-refractivity contribution in [3.8, 4) is 0 Å². The Morgan fingerprint density at radius 1 is 0.468 bits per heavy atom. The van der Waals surface area contributed by atoms with E-state index in [-0.39, 0.29) is 25.9 Å². The highest BCUT2D eigenvalue weighted by Crippen LogP contribution is 2.43. The molecule has 0 aliphatic rings. The first-order chi connectivity index (χ1) is 30.2. The Morgan fingerprint density at radius 2 is 0.839 bits per heavy atom. The van der Waals surface area contributed by atoms with Crippen LogP contribution in [0.4, 0.5) is 0 Å². The molecular weight excluding hydrogens is 808 g/mol. The Hall–Kier alpha value is -2.30. The van der Waals surface area contributed by atoms with Crippen LogP contribution in [0.1, 0.15) is 226 Å². The molecule has 2 N–H and O–H groups in total. The monoisotopic (exact) mass is 899 g/mol. The standard InChI is InChI=1S/C50H91O11P/c1-4-7-10-13-16-19-21-22-23-24-26-29-32-35-38-41-50(54)61-47(43-57-48(52)39-36-33-30-28-25-20-17-14-11-8-5-2)45-59-62(55,56)58-44-46(42-51)60-49(53)40-37-34-31-27-18-15-12-9-6-3/h7,10,16,19,22-23,46-47,51H,4-6,8-9,11-15,17-18,20-21,24-45H2,1-3H3,(H,55,56)/b10-7-,19-16-,23-22-. The number of carbonyl (C=O) groups is 3. The second-order valence-electron chi connectivity index (χ2n) is 16.6. The van der Waals surface area contributed by atoms with Crippen molar-refractivity contribution in [3.63, 3.8) is 0 Å². The summed E-state index contributed by atoms with van der Waals surface area (Å²) < 4.78 is 39.2. The first-order valence-electron chi connectivity index (χ1n) is 24.9. The van der Waals surface area contributed by atoms with Gasteiger partial charge in [-0.2, -0.15) is 0 Å². The Bertz CT molecular complexity index is 1190. The second kappa shape index (κ2) is 45.3. The minimum Gasteiger partial charge on any atom is -0.462 e. The van der Waals surface area contributed by atoms with Gasteiger partial charge in [0.25, 0.3) is 0 Å². The largest absolute Gasteiger partial charge is 0.472 e. The molecule has 0 aromatic rings. The van der Waals surface area contributed by atoms with Crippen molar-refractivity contribution >= 4 is 25.7 Å². The van der Waals surface area contributed by atoms with E-state index in [4.69, 9.17) is 23.3 Å². The molecule has 62 heavy (non-hydrogen) atoms. The summed E-state index contributed by atoms with van der Waals surface area (Å²) in [5.41, 5.74) is 0. The molecule has 3 atom stereocenters. The van der Waals surface area contributed by atoms with Crippen molar-refractivity contribution in [1.29, 1.82) is 0 Å². The molecular formula is C50H91O11P. The van der Waals surface area contributed by atoms with Crippen LogP contribution in [0.5, 0.6) is 0 Å². The summed E-state index contributed by atoms with van der Waals surface area (Å²) in [6.07, 6.45) is 42.7. The van der Waals surface area contributed by atoms with Gasteiger partial charge in [0.15, 0.2) is 6.10 Å². The molecule has 0 aliphatic carbocycles. The number of aliphatic hydroxyl groups is 1. The van der Waals surface area contributed by atoms with Crippen LogP contribution in [0.15, 0.2) is 36.5 Å². The van der Waals surface area contributed by atoms with Crippen molar-refractivity contribution in [2.24, 2.45) is 0 Å². The van der Waals surface area contributed by atoms with Crippen LogP contribution in [0.25, 0.3) is 0 Å². The number of hydrogen-bond donors (Lipinski definition) is 2. The third-order valence-electron chi connectivity index (χ3n) is 10.6. The number of rotatable bonds is 46. The number of unbranched alkanes of at least 4 members (excludes halogenated alkanes) is 23. The zero-order chi connectivity index (χ0) is 45.6. The maximum atomic E-state index is 12.8. The molecule has 0 aliphatic heterocycles. The van der Waals surface area contributed by atoms with E-state index in [0.29, 0.717) is 19.3 Å². The van der Waals surface area contributed by atoms with E-state index >= 15 is 0 Å². The molecule has 0 aromatic carbocycles. The molecule has 0 spiro atoms. The van der Waals surface area contributed by atoms with Gasteiger partial charge in [-0.15, -0.1) is 0 Å². The summed E-state index contributed by atoms with van der Waals surface area (Å²) in [6, 6.07) is 0. The Morgan fingerprint density at radius 3 is 1.29 bits per heavy atom. The smallest absolute Gasteiger partial charge is 0.462 e. The van der Waals surface area contributed by atoms with E-state index in [1.54, 1.807) is 0 Å². The van der Waals surface area contributed by atoms with E-state index in [9.17, 15) is 28.9 Å². The zero-order valence-electron chi connectivity index (χ0n) is 39.6. The SMILES string of the molecule is CC/C=C\C/C=C\C/C=C\CCCCCCCC(=O)OC(COC(=O)CCCCCCCCCCCCC)COP(=O)(O)OCC(CO)OC(=O)CCCCCCCCCCC. The fourth-order valence-electron chi connectivity index (χ4n) is 6.78. The van der Waals surface area contributed by atoms with Gasteiger partial charge < -0.3 is 24.2 Å². The average Bonchev–Trinajstić information content (AvgIpc) is 3.25. The predicted octanol–water partition coefficient (Wildman–Crippen LogP) is 13.7. The molecule has 0 heterocycles. The number of ether oxygens (including phenoxy) is 3. The fourth-order valence-corrected chi connectivity index (χ4v) is 7.57. The van der Waals surface area contributed by atoms with Gasteiger partial charge in [-0.25, -0.2) is 4.57 Å². The van der Waals surface area contributed by atoms with Crippen molar-refractivity contribution in [2.45, 2.75) is 238 Å². The van der Waals surface area contributed by atoms with Crippen LogP contribution < -0.4 is 0 Å². The highest BCUT2D eigenvalue weighted by molar-refractivity contribution is 7.47. The van der Waals surface area contributed by atoms with Gasteiger partial charge in [-0.1, -0.05) is 192 Å². The summed E-state index contributed by atoms with van der Waals surface area (Å²) in [4.78, 5) is 48.1. The summed E-state index contributed by atoms with van der Waals surface area (Å²) in [6.45, 7) is 4.47. The number of esters is 3. The molecule has 0 saturated heterocycles. The van der Waals surface area contributed by atoms with Crippen LogP contribution in [0, 0.1) is 0 Å². The minimum absolute atomic E-state index is 0.152. The lowest BCUT2D eigenvalue weighted by Crippen LogP contribution is -2.30. The summed E-state index contributed by atoms with van der Waals surface area (Å²) in [5, 5.41) is 9.72. The summed E-state index contributed by atoms with van der Waals surface area (Å²) >= 11 is 0. The minimum atomic E-state index is -4.73. The van der Waals surface area contributed by atoms with E-state index in [0.717, 1.165) is 89.9 Å². The molecule has 11 nitrogen and oxygen atoms in total. The van der Waals surface area contributed by atoms with E-state index < -0.39 is 57.8 Å². The summed E-state index contributed by atoms with van der Waals surface area (Å²) in [5.74, 6) is -1.48. The van der Waals surface area contributed by atoms with E-state index in [2.05, 4.69) is 57.2 Å². The van der Waals surface area contributed by atoms with Gasteiger partial charge in [0.1, 0.15) is 12.7 Å². The third kappa shape index (κ3) is 43.0. The first-order valence-corrected chi connectivity index (χ1v) is 26.4. The predicted molar refractivity (Wildman–Crippen MR) is 252 cm³/mol. The summed E-state index contributed by atoms with van der Waals surface area (Å²) in [7, 11) is -4.73. The topological polar surface area (TPSA) is 155 Å². The van der Waals surface area contributed by atoms with E-state index in [1.807, 2.05) is 0 Å². The van der Waals surface area contributed by atoms with Crippen LogP contribution in [-0.4, -0.2) is 66.5 Å². The third-order valence-corrected chi connectivity index (χ3v) is 11.5. The highest BCUT2D eigenvalue weighted by atomic mass is 31.2. The Kier molecular flexibility index (Phi) is 43.6. The maximum Gasteiger partial charge on any atom is 0.472 e. The van der Waals surface area contributed by atoms with Crippen molar-refractivity contribution in [1.82, 2.24) is 0 Å². The van der Waals surface area contributed by atoms with Crippen LogP contribution in [-0.2, 0) is 42.2 Å². The number of phosphoric ester groups is 1. The molecule has 0 bridgehead atoms. The maximum absolute atomic E-state index is 12.8.